The van der Waals surface area contributed by atoms with E-state index in [1.165, 1.54) is 0 Å². The minimum Gasteiger partial charge on any atom is -0.496 e. The van der Waals surface area contributed by atoms with Crippen molar-refractivity contribution >= 4 is 5.91 Å². The maximum atomic E-state index is 12.8. The number of rotatable bonds is 5. The van der Waals surface area contributed by atoms with Crippen molar-refractivity contribution in [3.63, 3.8) is 0 Å². The van der Waals surface area contributed by atoms with Gasteiger partial charge in [-0.15, -0.1) is 0 Å². The van der Waals surface area contributed by atoms with E-state index in [9.17, 15) is 4.79 Å². The Labute approximate surface area is 130 Å². The SMILES string of the molecule is COc1cccc(OC)c1C(=O)NC1(c2ccccc2)CC1. The standard InChI is InChI=1S/C18H19NO3/c1-21-14-9-6-10-15(22-2)16(14)17(20)19-18(11-12-18)13-7-4-3-5-8-13/h3-10H,11-12H2,1-2H3,(H,19,20). The van der Waals surface area contributed by atoms with Gasteiger partial charge in [0.1, 0.15) is 17.1 Å². The van der Waals surface area contributed by atoms with E-state index in [0.717, 1.165) is 18.4 Å². The molecule has 0 atom stereocenters. The number of benzene rings is 2. The topological polar surface area (TPSA) is 47.6 Å². The maximum Gasteiger partial charge on any atom is 0.259 e. The highest BCUT2D eigenvalue weighted by Gasteiger charge is 2.46. The molecule has 0 radical (unpaired) electrons. The van der Waals surface area contributed by atoms with Crippen LogP contribution in [0, 0.1) is 0 Å². The monoisotopic (exact) mass is 297 g/mol. The summed E-state index contributed by atoms with van der Waals surface area (Å²) in [5.41, 5.74) is 1.32. The summed E-state index contributed by atoms with van der Waals surface area (Å²) in [4.78, 5) is 12.8. The Morgan fingerprint density at radius 1 is 0.955 bits per heavy atom. The third-order valence-corrected chi connectivity index (χ3v) is 4.08. The van der Waals surface area contributed by atoms with Crippen molar-refractivity contribution in [1.82, 2.24) is 5.32 Å². The van der Waals surface area contributed by atoms with Gasteiger partial charge in [0.25, 0.3) is 5.91 Å². The second-order valence-corrected chi connectivity index (χ2v) is 5.44. The summed E-state index contributed by atoms with van der Waals surface area (Å²) in [6.07, 6.45) is 1.89. The summed E-state index contributed by atoms with van der Waals surface area (Å²) in [5, 5.41) is 3.15. The Kier molecular flexibility index (Phi) is 3.75. The van der Waals surface area contributed by atoms with Crippen LogP contribution >= 0.6 is 0 Å². The van der Waals surface area contributed by atoms with Gasteiger partial charge in [-0.2, -0.15) is 0 Å². The largest absolute Gasteiger partial charge is 0.496 e. The molecule has 0 bridgehead atoms. The van der Waals surface area contributed by atoms with Crippen LogP contribution in [0.3, 0.4) is 0 Å². The van der Waals surface area contributed by atoms with Crippen LogP contribution in [-0.4, -0.2) is 20.1 Å². The molecule has 0 heterocycles. The van der Waals surface area contributed by atoms with Gasteiger partial charge in [0.05, 0.1) is 19.8 Å². The zero-order valence-electron chi connectivity index (χ0n) is 12.8. The highest BCUT2D eigenvalue weighted by Crippen LogP contribution is 2.46. The third-order valence-electron chi connectivity index (χ3n) is 4.08. The summed E-state index contributed by atoms with van der Waals surface area (Å²) < 4.78 is 10.6. The van der Waals surface area contributed by atoms with Gasteiger partial charge in [0, 0.05) is 0 Å². The van der Waals surface area contributed by atoms with E-state index in [1.807, 2.05) is 30.3 Å². The van der Waals surface area contributed by atoms with E-state index in [2.05, 4.69) is 5.32 Å². The summed E-state index contributed by atoms with van der Waals surface area (Å²) in [6, 6.07) is 15.4. The minimum atomic E-state index is -0.260. The fraction of sp³-hybridized carbons (Fsp3) is 0.278. The maximum absolute atomic E-state index is 12.8. The van der Waals surface area contributed by atoms with Crippen molar-refractivity contribution in [3.05, 3.63) is 59.7 Å². The number of ether oxygens (including phenoxy) is 2. The van der Waals surface area contributed by atoms with Crippen LogP contribution in [0.25, 0.3) is 0 Å². The highest BCUT2D eigenvalue weighted by molar-refractivity contribution is 6.00. The lowest BCUT2D eigenvalue weighted by molar-refractivity contribution is 0.0924. The quantitative estimate of drug-likeness (QED) is 0.922. The first-order valence-corrected chi connectivity index (χ1v) is 7.29. The van der Waals surface area contributed by atoms with Crippen molar-refractivity contribution in [2.75, 3.05) is 14.2 Å². The smallest absolute Gasteiger partial charge is 0.259 e. The zero-order chi connectivity index (χ0) is 15.6. The molecule has 1 saturated carbocycles. The first-order chi connectivity index (χ1) is 10.7. The van der Waals surface area contributed by atoms with Gasteiger partial charge in [-0.3, -0.25) is 4.79 Å². The summed E-state index contributed by atoms with van der Waals surface area (Å²) in [5.74, 6) is 0.858. The lowest BCUT2D eigenvalue weighted by Gasteiger charge is -2.20. The second kappa shape index (κ2) is 5.72. The van der Waals surface area contributed by atoms with E-state index in [-0.39, 0.29) is 11.4 Å². The van der Waals surface area contributed by atoms with Gasteiger partial charge >= 0.3 is 0 Å². The number of carbonyl (C=O) groups excluding carboxylic acids is 1. The molecule has 0 spiro atoms. The van der Waals surface area contributed by atoms with Crippen LogP contribution in [0.5, 0.6) is 11.5 Å². The second-order valence-electron chi connectivity index (χ2n) is 5.44. The number of carbonyl (C=O) groups is 1. The van der Waals surface area contributed by atoms with Gasteiger partial charge in [-0.05, 0) is 30.5 Å². The van der Waals surface area contributed by atoms with Crippen molar-refractivity contribution in [3.8, 4) is 11.5 Å². The molecule has 1 aliphatic carbocycles. The van der Waals surface area contributed by atoms with Crippen LogP contribution in [0.4, 0.5) is 0 Å². The number of amides is 1. The van der Waals surface area contributed by atoms with Crippen molar-refractivity contribution in [2.45, 2.75) is 18.4 Å². The first kappa shape index (κ1) is 14.4. The van der Waals surface area contributed by atoms with Crippen molar-refractivity contribution < 1.29 is 14.3 Å². The van der Waals surface area contributed by atoms with E-state index in [0.29, 0.717) is 17.1 Å². The molecule has 1 N–H and O–H groups in total. The molecule has 114 valence electrons. The van der Waals surface area contributed by atoms with Crippen LogP contribution in [-0.2, 0) is 5.54 Å². The van der Waals surface area contributed by atoms with Gasteiger partial charge in [-0.25, -0.2) is 0 Å². The van der Waals surface area contributed by atoms with Crippen LogP contribution < -0.4 is 14.8 Å². The summed E-state index contributed by atoms with van der Waals surface area (Å²) in [6.45, 7) is 0. The normalized spacial score (nSPS) is 15.0. The molecule has 0 unspecified atom stereocenters. The number of hydrogen-bond donors (Lipinski definition) is 1. The minimum absolute atomic E-state index is 0.171. The Bertz CT molecular complexity index is 656. The van der Waals surface area contributed by atoms with Crippen LogP contribution in [0.15, 0.2) is 48.5 Å². The summed E-state index contributed by atoms with van der Waals surface area (Å²) in [7, 11) is 3.10. The Morgan fingerprint density at radius 3 is 2.05 bits per heavy atom. The van der Waals surface area contributed by atoms with Crippen LogP contribution in [0.1, 0.15) is 28.8 Å². The van der Waals surface area contributed by atoms with E-state index >= 15 is 0 Å². The van der Waals surface area contributed by atoms with Gasteiger partial charge in [0.2, 0.25) is 0 Å². The molecule has 22 heavy (non-hydrogen) atoms. The molecule has 1 aliphatic rings. The average molecular weight is 297 g/mol. The Hall–Kier alpha value is -2.49. The molecule has 0 aliphatic heterocycles. The molecule has 3 rings (SSSR count). The fourth-order valence-electron chi connectivity index (χ4n) is 2.72. The predicted molar refractivity (Wildman–Crippen MR) is 84.4 cm³/mol. The first-order valence-electron chi connectivity index (χ1n) is 7.29. The zero-order valence-corrected chi connectivity index (χ0v) is 12.8. The molecular weight excluding hydrogens is 278 g/mol. The van der Waals surface area contributed by atoms with E-state index in [1.54, 1.807) is 32.4 Å². The van der Waals surface area contributed by atoms with Gasteiger partial charge in [0.15, 0.2) is 0 Å². The molecule has 0 saturated heterocycles. The highest BCUT2D eigenvalue weighted by atomic mass is 16.5. The molecule has 4 nitrogen and oxygen atoms in total. The molecule has 1 amide bonds. The molecule has 4 heteroatoms. The Morgan fingerprint density at radius 2 is 1.55 bits per heavy atom. The molecule has 2 aromatic carbocycles. The lowest BCUT2D eigenvalue weighted by atomic mass is 10.0. The molecule has 1 fully saturated rings. The van der Waals surface area contributed by atoms with E-state index < -0.39 is 0 Å². The number of nitrogens with one attached hydrogen (secondary N) is 1. The fourth-order valence-corrected chi connectivity index (χ4v) is 2.72. The molecular formula is C18H19NO3. The third kappa shape index (κ3) is 2.52. The molecule has 2 aromatic rings. The predicted octanol–water partition coefficient (Wildman–Crippen LogP) is 3.12. The van der Waals surface area contributed by atoms with E-state index in [4.69, 9.17) is 9.47 Å². The van der Waals surface area contributed by atoms with Gasteiger partial charge in [-0.1, -0.05) is 36.4 Å². The number of methoxy groups -OCH3 is 2. The number of hydrogen-bond acceptors (Lipinski definition) is 3. The van der Waals surface area contributed by atoms with Crippen molar-refractivity contribution in [1.29, 1.82) is 0 Å². The van der Waals surface area contributed by atoms with Gasteiger partial charge < -0.3 is 14.8 Å². The average Bonchev–Trinajstić information content (AvgIpc) is 3.35. The van der Waals surface area contributed by atoms with Crippen LogP contribution in [0.2, 0.25) is 0 Å². The van der Waals surface area contributed by atoms with Crippen molar-refractivity contribution in [2.24, 2.45) is 0 Å². The lowest BCUT2D eigenvalue weighted by Crippen LogP contribution is -2.35. The summed E-state index contributed by atoms with van der Waals surface area (Å²) >= 11 is 0. The molecule has 0 aromatic heterocycles. The Balaban J connectivity index is 1.90.